The highest BCUT2D eigenvalue weighted by atomic mass is 16.7. The molecule has 0 radical (unpaired) electrons. The molecule has 9 nitrogen and oxygen atoms in total. The van der Waals surface area contributed by atoms with Gasteiger partial charge in [-0.3, -0.25) is 14.5 Å². The lowest BCUT2D eigenvalue weighted by atomic mass is 9.97. The van der Waals surface area contributed by atoms with Crippen LogP contribution in [0.3, 0.4) is 0 Å². The summed E-state index contributed by atoms with van der Waals surface area (Å²) >= 11 is 0. The van der Waals surface area contributed by atoms with E-state index in [0.29, 0.717) is 31.8 Å². The Bertz CT molecular complexity index is 1510. The van der Waals surface area contributed by atoms with E-state index in [1.807, 2.05) is 30.3 Å². The molecule has 0 spiro atoms. The van der Waals surface area contributed by atoms with Crippen LogP contribution in [0.2, 0.25) is 0 Å². The van der Waals surface area contributed by atoms with Crippen molar-refractivity contribution < 1.29 is 29.3 Å². The number of ether oxygens (including phenoxy) is 2. The SMILES string of the molecule is O=C(O)CCCCC(=O)NCc1ccccc1-c1ccc(C2OC(CN3CCCC3CN3CCCC3)CC(c3ccc(CO)cc3)O2)cc1. The zero-order valence-corrected chi connectivity index (χ0v) is 28.5. The first-order chi connectivity index (χ1) is 23.9. The van der Waals surface area contributed by atoms with E-state index in [1.54, 1.807) is 0 Å². The van der Waals surface area contributed by atoms with Crippen LogP contribution < -0.4 is 5.32 Å². The van der Waals surface area contributed by atoms with Crippen LogP contribution in [-0.4, -0.2) is 76.8 Å². The lowest BCUT2D eigenvalue weighted by Gasteiger charge is -2.39. The topological polar surface area (TPSA) is 112 Å². The maximum absolute atomic E-state index is 12.4. The monoisotopic (exact) mass is 669 g/mol. The summed E-state index contributed by atoms with van der Waals surface area (Å²) in [5.74, 6) is -0.910. The van der Waals surface area contributed by atoms with Gasteiger partial charge in [0.2, 0.25) is 5.91 Å². The first-order valence-corrected chi connectivity index (χ1v) is 18.1. The molecule has 3 aliphatic rings. The number of rotatable bonds is 15. The first kappa shape index (κ1) is 35.2. The minimum absolute atomic E-state index is 0.0178. The summed E-state index contributed by atoms with van der Waals surface area (Å²) in [7, 11) is 0. The molecule has 1 amide bonds. The molecule has 0 aliphatic carbocycles. The Balaban J connectivity index is 1.14. The number of aliphatic hydroxyl groups excluding tert-OH is 1. The molecule has 49 heavy (non-hydrogen) atoms. The Kier molecular flexibility index (Phi) is 12.5. The van der Waals surface area contributed by atoms with Crippen LogP contribution in [0.1, 0.15) is 92.4 Å². The summed E-state index contributed by atoms with van der Waals surface area (Å²) in [6, 6.07) is 25.1. The highest BCUT2D eigenvalue weighted by molar-refractivity contribution is 5.76. The van der Waals surface area contributed by atoms with Crippen LogP contribution in [-0.2, 0) is 32.2 Å². The molecular formula is C40H51N3O6. The zero-order valence-electron chi connectivity index (χ0n) is 28.5. The first-order valence-electron chi connectivity index (χ1n) is 18.1. The normalized spacial score (nSPS) is 23.1. The standard InChI is InChI=1S/C40H51N3O6/c44-28-29-13-15-31(16-14-29)37-24-35(27-43-23-7-9-34(43)26-42-21-5-6-22-42)48-40(49-37)32-19-17-30(18-20-32)36-10-2-1-8-33(36)25-41-38(45)11-3-4-12-39(46)47/h1-2,8,10,13-20,34-35,37,40,44H,3-7,9,11-12,21-28H2,(H,41,45)(H,46,47). The second-order valence-electron chi connectivity index (χ2n) is 13.8. The molecule has 3 aromatic rings. The number of amides is 1. The number of unbranched alkanes of at least 4 members (excludes halogenated alkanes) is 1. The number of aliphatic hydroxyl groups is 1. The number of nitrogens with one attached hydrogen (secondary N) is 1. The van der Waals surface area contributed by atoms with Gasteiger partial charge in [0.15, 0.2) is 6.29 Å². The Morgan fingerprint density at radius 3 is 2.31 bits per heavy atom. The fourth-order valence-electron chi connectivity index (χ4n) is 7.52. The zero-order chi connectivity index (χ0) is 34.0. The van der Waals surface area contributed by atoms with Gasteiger partial charge in [0.25, 0.3) is 0 Å². The number of carbonyl (C=O) groups is 2. The molecule has 4 unspecified atom stereocenters. The Hall–Kier alpha value is -3.60. The van der Waals surface area contributed by atoms with E-state index in [9.17, 15) is 14.7 Å². The predicted octanol–water partition coefficient (Wildman–Crippen LogP) is 6.21. The van der Waals surface area contributed by atoms with Gasteiger partial charge in [0, 0.05) is 50.5 Å². The third-order valence-corrected chi connectivity index (χ3v) is 10.3. The molecule has 0 saturated carbocycles. The highest BCUT2D eigenvalue weighted by Gasteiger charge is 2.36. The van der Waals surface area contributed by atoms with Crippen molar-refractivity contribution in [2.45, 2.75) is 95.5 Å². The van der Waals surface area contributed by atoms with Gasteiger partial charge in [-0.2, -0.15) is 0 Å². The van der Waals surface area contributed by atoms with Crippen LogP contribution in [0.15, 0.2) is 72.8 Å². The lowest BCUT2D eigenvalue weighted by Crippen LogP contribution is -2.45. The number of carbonyl (C=O) groups excluding carboxylic acids is 1. The number of carboxylic acids is 1. The average Bonchev–Trinajstić information content (AvgIpc) is 3.81. The van der Waals surface area contributed by atoms with Crippen LogP contribution in [0.4, 0.5) is 0 Å². The molecular weight excluding hydrogens is 618 g/mol. The molecule has 3 aliphatic heterocycles. The predicted molar refractivity (Wildman–Crippen MR) is 189 cm³/mol. The lowest BCUT2D eigenvalue weighted by molar-refractivity contribution is -0.253. The third kappa shape index (κ3) is 9.77. The van der Waals surface area contributed by atoms with E-state index in [2.05, 4.69) is 57.6 Å². The van der Waals surface area contributed by atoms with Crippen molar-refractivity contribution in [2.75, 3.05) is 32.7 Å². The van der Waals surface area contributed by atoms with Crippen molar-refractivity contribution in [1.29, 1.82) is 0 Å². The molecule has 4 atom stereocenters. The summed E-state index contributed by atoms with van der Waals surface area (Å²) in [6.07, 6.45) is 6.72. The molecule has 0 bridgehead atoms. The second-order valence-corrected chi connectivity index (χ2v) is 13.8. The summed E-state index contributed by atoms with van der Waals surface area (Å²) in [5, 5.41) is 21.4. The summed E-state index contributed by atoms with van der Waals surface area (Å²) in [5.41, 5.74) is 6.05. The van der Waals surface area contributed by atoms with Crippen LogP contribution >= 0.6 is 0 Å². The second kappa shape index (κ2) is 17.4. The molecule has 3 saturated heterocycles. The maximum Gasteiger partial charge on any atom is 0.303 e. The van der Waals surface area contributed by atoms with Gasteiger partial charge in [-0.05, 0) is 86.0 Å². The van der Waals surface area contributed by atoms with E-state index < -0.39 is 12.3 Å². The number of hydrogen-bond donors (Lipinski definition) is 3. The van der Waals surface area contributed by atoms with Crippen molar-refractivity contribution in [3.63, 3.8) is 0 Å². The van der Waals surface area contributed by atoms with Crippen molar-refractivity contribution in [2.24, 2.45) is 0 Å². The largest absolute Gasteiger partial charge is 0.481 e. The van der Waals surface area contributed by atoms with Crippen molar-refractivity contribution in [3.8, 4) is 11.1 Å². The Morgan fingerprint density at radius 2 is 1.55 bits per heavy atom. The average molecular weight is 670 g/mol. The van der Waals surface area contributed by atoms with Gasteiger partial charge in [-0.25, -0.2) is 0 Å². The highest BCUT2D eigenvalue weighted by Crippen LogP contribution is 2.39. The van der Waals surface area contributed by atoms with E-state index in [0.717, 1.165) is 59.4 Å². The minimum atomic E-state index is -0.835. The minimum Gasteiger partial charge on any atom is -0.481 e. The molecule has 3 N–H and O–H groups in total. The molecule has 9 heteroatoms. The number of aliphatic carboxylic acids is 1. The van der Waals surface area contributed by atoms with Gasteiger partial charge >= 0.3 is 5.97 Å². The summed E-state index contributed by atoms with van der Waals surface area (Å²) in [6.45, 7) is 6.01. The van der Waals surface area contributed by atoms with Gasteiger partial charge in [0.1, 0.15) is 0 Å². The van der Waals surface area contributed by atoms with Crippen molar-refractivity contribution in [3.05, 3.63) is 95.1 Å². The Labute approximate surface area is 290 Å². The summed E-state index contributed by atoms with van der Waals surface area (Å²) in [4.78, 5) is 28.4. The molecule has 262 valence electrons. The molecule has 3 aromatic carbocycles. The molecule has 6 rings (SSSR count). The number of likely N-dealkylation sites (tertiary alicyclic amines) is 2. The molecule has 3 heterocycles. The Morgan fingerprint density at radius 1 is 0.816 bits per heavy atom. The number of hydrogen-bond acceptors (Lipinski definition) is 7. The molecule has 3 fully saturated rings. The number of benzene rings is 3. The molecule has 0 aromatic heterocycles. The summed E-state index contributed by atoms with van der Waals surface area (Å²) < 4.78 is 13.4. The van der Waals surface area contributed by atoms with E-state index >= 15 is 0 Å². The number of carboxylic acid groups (broad SMARTS) is 1. The van der Waals surface area contributed by atoms with E-state index in [1.165, 1.54) is 38.8 Å². The van der Waals surface area contributed by atoms with Gasteiger partial charge in [0.05, 0.1) is 18.8 Å². The van der Waals surface area contributed by atoms with Crippen molar-refractivity contribution >= 4 is 11.9 Å². The van der Waals surface area contributed by atoms with Crippen LogP contribution in [0, 0.1) is 0 Å². The van der Waals surface area contributed by atoms with Gasteiger partial charge in [-0.15, -0.1) is 0 Å². The quantitative estimate of drug-likeness (QED) is 0.164. The number of nitrogens with zero attached hydrogens (tertiary/aromatic N) is 2. The van der Waals surface area contributed by atoms with E-state index in [-0.39, 0.29) is 31.1 Å². The van der Waals surface area contributed by atoms with Crippen LogP contribution in [0.25, 0.3) is 11.1 Å². The van der Waals surface area contributed by atoms with E-state index in [4.69, 9.17) is 14.6 Å². The fraction of sp³-hybridized carbons (Fsp3) is 0.500. The van der Waals surface area contributed by atoms with Crippen molar-refractivity contribution in [1.82, 2.24) is 15.1 Å². The maximum atomic E-state index is 12.4. The smallest absolute Gasteiger partial charge is 0.303 e. The van der Waals surface area contributed by atoms with Crippen LogP contribution in [0.5, 0.6) is 0 Å². The van der Waals surface area contributed by atoms with Gasteiger partial charge in [-0.1, -0.05) is 72.8 Å². The van der Waals surface area contributed by atoms with Gasteiger partial charge < -0.3 is 29.9 Å². The fourth-order valence-corrected chi connectivity index (χ4v) is 7.52. The third-order valence-electron chi connectivity index (χ3n) is 10.3.